The van der Waals surface area contributed by atoms with Crippen LogP contribution in [0.5, 0.6) is 0 Å². The topological polar surface area (TPSA) is 46.1 Å². The molecular formula is C17H21N3O. The monoisotopic (exact) mass is 283 g/mol. The van der Waals surface area contributed by atoms with E-state index in [0.29, 0.717) is 12.6 Å². The van der Waals surface area contributed by atoms with Crippen LogP contribution in [0.2, 0.25) is 0 Å². The molecule has 0 saturated heterocycles. The first-order valence-corrected chi connectivity index (χ1v) is 7.44. The van der Waals surface area contributed by atoms with Gasteiger partial charge in [0.05, 0.1) is 0 Å². The molecule has 21 heavy (non-hydrogen) atoms. The Labute approximate surface area is 125 Å². The smallest absolute Gasteiger partial charge is 0.244 e. The van der Waals surface area contributed by atoms with Crippen LogP contribution in [-0.4, -0.2) is 16.5 Å². The van der Waals surface area contributed by atoms with E-state index < -0.39 is 0 Å². The SMILES string of the molecule is Cc1ccc(NC(=O)Cn2cccc2CNC2CC2)cc1. The average molecular weight is 283 g/mol. The second kappa shape index (κ2) is 6.14. The normalized spacial score (nSPS) is 14.1. The van der Waals surface area contributed by atoms with Gasteiger partial charge in [-0.25, -0.2) is 0 Å². The molecule has 0 atom stereocenters. The van der Waals surface area contributed by atoms with Crippen LogP contribution in [0.25, 0.3) is 0 Å². The molecule has 0 spiro atoms. The Morgan fingerprint density at radius 3 is 2.71 bits per heavy atom. The van der Waals surface area contributed by atoms with E-state index in [1.807, 2.05) is 48.0 Å². The molecule has 2 N–H and O–H groups in total. The van der Waals surface area contributed by atoms with Gasteiger partial charge < -0.3 is 15.2 Å². The molecule has 0 aliphatic heterocycles. The van der Waals surface area contributed by atoms with E-state index >= 15 is 0 Å². The summed E-state index contributed by atoms with van der Waals surface area (Å²) in [5.74, 6) is 0.00252. The molecule has 1 heterocycles. The largest absolute Gasteiger partial charge is 0.341 e. The van der Waals surface area contributed by atoms with Crippen LogP contribution < -0.4 is 10.6 Å². The van der Waals surface area contributed by atoms with Crippen LogP contribution in [0.1, 0.15) is 24.1 Å². The van der Waals surface area contributed by atoms with Gasteiger partial charge in [-0.05, 0) is 44.0 Å². The lowest BCUT2D eigenvalue weighted by Gasteiger charge is -2.10. The number of benzene rings is 1. The van der Waals surface area contributed by atoms with E-state index in [9.17, 15) is 4.79 Å². The molecule has 0 radical (unpaired) electrons. The van der Waals surface area contributed by atoms with Crippen molar-refractivity contribution in [3.8, 4) is 0 Å². The summed E-state index contributed by atoms with van der Waals surface area (Å²) in [5, 5.41) is 6.41. The number of carbonyl (C=O) groups is 1. The second-order valence-electron chi connectivity index (χ2n) is 5.70. The number of hydrogen-bond donors (Lipinski definition) is 2. The van der Waals surface area contributed by atoms with E-state index in [2.05, 4.69) is 16.7 Å². The van der Waals surface area contributed by atoms with Crippen LogP contribution in [0.15, 0.2) is 42.6 Å². The minimum atomic E-state index is 0.00252. The van der Waals surface area contributed by atoms with Gasteiger partial charge in [-0.15, -0.1) is 0 Å². The zero-order chi connectivity index (χ0) is 14.7. The molecule has 110 valence electrons. The van der Waals surface area contributed by atoms with Crippen LogP contribution in [0.4, 0.5) is 5.69 Å². The minimum absolute atomic E-state index is 0.00252. The van der Waals surface area contributed by atoms with Crippen molar-refractivity contribution in [2.75, 3.05) is 5.32 Å². The summed E-state index contributed by atoms with van der Waals surface area (Å²) in [6, 6.07) is 12.6. The van der Waals surface area contributed by atoms with Gasteiger partial charge in [-0.1, -0.05) is 17.7 Å². The molecule has 1 aliphatic rings. The van der Waals surface area contributed by atoms with Gasteiger partial charge in [-0.3, -0.25) is 4.79 Å². The van der Waals surface area contributed by atoms with Gasteiger partial charge in [0.15, 0.2) is 0 Å². The third kappa shape index (κ3) is 3.95. The molecule has 0 unspecified atom stereocenters. The fraction of sp³-hybridized carbons (Fsp3) is 0.353. The second-order valence-corrected chi connectivity index (χ2v) is 5.70. The quantitative estimate of drug-likeness (QED) is 0.856. The van der Waals surface area contributed by atoms with Crippen LogP contribution in [-0.2, 0) is 17.9 Å². The fourth-order valence-electron chi connectivity index (χ4n) is 2.29. The van der Waals surface area contributed by atoms with Gasteiger partial charge in [0.2, 0.25) is 5.91 Å². The Morgan fingerprint density at radius 1 is 1.24 bits per heavy atom. The molecule has 1 saturated carbocycles. The van der Waals surface area contributed by atoms with Crippen molar-refractivity contribution in [2.24, 2.45) is 0 Å². The Balaban J connectivity index is 1.56. The highest BCUT2D eigenvalue weighted by atomic mass is 16.1. The highest BCUT2D eigenvalue weighted by molar-refractivity contribution is 5.90. The molecule has 2 aromatic rings. The third-order valence-corrected chi connectivity index (χ3v) is 3.72. The van der Waals surface area contributed by atoms with E-state index in [-0.39, 0.29) is 5.91 Å². The molecule has 1 aromatic heterocycles. The number of nitrogens with zero attached hydrogens (tertiary/aromatic N) is 1. The first kappa shape index (κ1) is 13.9. The van der Waals surface area contributed by atoms with Gasteiger partial charge >= 0.3 is 0 Å². The molecule has 1 fully saturated rings. The summed E-state index contributed by atoms with van der Waals surface area (Å²) >= 11 is 0. The number of hydrogen-bond acceptors (Lipinski definition) is 2. The summed E-state index contributed by atoms with van der Waals surface area (Å²) in [5.41, 5.74) is 3.18. The zero-order valence-corrected chi connectivity index (χ0v) is 12.3. The molecular weight excluding hydrogens is 262 g/mol. The van der Waals surface area contributed by atoms with E-state index in [0.717, 1.165) is 17.9 Å². The average Bonchev–Trinajstić information content (AvgIpc) is 3.20. The van der Waals surface area contributed by atoms with E-state index in [1.54, 1.807) is 0 Å². The number of aromatic nitrogens is 1. The molecule has 4 nitrogen and oxygen atoms in total. The molecule has 1 aromatic carbocycles. The van der Waals surface area contributed by atoms with Crippen molar-refractivity contribution in [1.29, 1.82) is 0 Å². The lowest BCUT2D eigenvalue weighted by Crippen LogP contribution is -2.22. The van der Waals surface area contributed by atoms with Crippen LogP contribution in [0.3, 0.4) is 0 Å². The Kier molecular flexibility index (Phi) is 4.06. The highest BCUT2D eigenvalue weighted by Gasteiger charge is 2.20. The minimum Gasteiger partial charge on any atom is -0.341 e. The summed E-state index contributed by atoms with van der Waals surface area (Å²) in [6.07, 6.45) is 4.50. The molecule has 0 bridgehead atoms. The van der Waals surface area contributed by atoms with Gasteiger partial charge in [0, 0.05) is 30.2 Å². The highest BCUT2D eigenvalue weighted by Crippen LogP contribution is 2.19. The summed E-state index contributed by atoms with van der Waals surface area (Å²) in [4.78, 5) is 12.1. The predicted molar refractivity (Wildman–Crippen MR) is 84.1 cm³/mol. The molecule has 1 aliphatic carbocycles. The van der Waals surface area contributed by atoms with E-state index in [4.69, 9.17) is 0 Å². The number of nitrogens with one attached hydrogen (secondary N) is 2. The van der Waals surface area contributed by atoms with Gasteiger partial charge in [0.1, 0.15) is 6.54 Å². The Hall–Kier alpha value is -2.07. The van der Waals surface area contributed by atoms with Crippen molar-refractivity contribution in [1.82, 2.24) is 9.88 Å². The fourth-order valence-corrected chi connectivity index (χ4v) is 2.29. The first-order valence-electron chi connectivity index (χ1n) is 7.44. The van der Waals surface area contributed by atoms with Crippen molar-refractivity contribution in [2.45, 2.75) is 38.9 Å². The van der Waals surface area contributed by atoms with E-state index in [1.165, 1.54) is 18.4 Å². The number of rotatable bonds is 6. The third-order valence-electron chi connectivity index (χ3n) is 3.72. The lowest BCUT2D eigenvalue weighted by atomic mass is 10.2. The number of amides is 1. The van der Waals surface area contributed by atoms with Gasteiger partial charge in [-0.2, -0.15) is 0 Å². The van der Waals surface area contributed by atoms with Crippen LogP contribution in [0, 0.1) is 6.92 Å². The van der Waals surface area contributed by atoms with Crippen molar-refractivity contribution in [3.05, 3.63) is 53.9 Å². The standard InChI is InChI=1S/C17H21N3O/c1-13-4-6-15(7-5-13)19-17(21)12-20-10-2-3-16(20)11-18-14-8-9-14/h2-7,10,14,18H,8-9,11-12H2,1H3,(H,19,21). The summed E-state index contributed by atoms with van der Waals surface area (Å²) in [6.45, 7) is 3.21. The van der Waals surface area contributed by atoms with Crippen molar-refractivity contribution < 1.29 is 4.79 Å². The number of aryl methyl sites for hydroxylation is 1. The maximum Gasteiger partial charge on any atom is 0.244 e. The predicted octanol–water partition coefficient (Wildman–Crippen LogP) is 2.69. The first-order chi connectivity index (χ1) is 10.2. The maximum absolute atomic E-state index is 12.1. The van der Waals surface area contributed by atoms with Crippen molar-refractivity contribution in [3.63, 3.8) is 0 Å². The molecule has 3 rings (SSSR count). The molecule has 1 amide bonds. The lowest BCUT2D eigenvalue weighted by molar-refractivity contribution is -0.116. The Bertz CT molecular complexity index is 611. The van der Waals surface area contributed by atoms with Gasteiger partial charge in [0.25, 0.3) is 0 Å². The van der Waals surface area contributed by atoms with Crippen LogP contribution >= 0.6 is 0 Å². The van der Waals surface area contributed by atoms with Crippen molar-refractivity contribution >= 4 is 11.6 Å². The maximum atomic E-state index is 12.1. The summed E-state index contributed by atoms with van der Waals surface area (Å²) in [7, 11) is 0. The number of anilines is 1. The zero-order valence-electron chi connectivity index (χ0n) is 12.3. The summed E-state index contributed by atoms with van der Waals surface area (Å²) < 4.78 is 2.00. The molecule has 4 heteroatoms. The number of carbonyl (C=O) groups excluding carboxylic acids is 1. The Morgan fingerprint density at radius 2 is 2.00 bits per heavy atom.